The fraction of sp³-hybridized carbons (Fsp3) is 0. The van der Waals surface area contributed by atoms with Gasteiger partial charge in [-0.3, -0.25) is 0 Å². The number of para-hydroxylation sites is 1. The molecule has 2 aromatic heterocycles. The molecule has 0 spiro atoms. The third-order valence-corrected chi connectivity index (χ3v) is 9.22. The van der Waals surface area contributed by atoms with Crippen molar-refractivity contribution in [1.82, 2.24) is 9.13 Å². The van der Waals surface area contributed by atoms with E-state index >= 15 is 0 Å². The first-order chi connectivity index (χ1) is 21.8. The van der Waals surface area contributed by atoms with Gasteiger partial charge in [0.2, 0.25) is 0 Å². The van der Waals surface area contributed by atoms with E-state index in [4.69, 9.17) is 0 Å². The molecule has 0 aliphatic carbocycles. The molecule has 9 rings (SSSR count). The first-order valence-corrected chi connectivity index (χ1v) is 15.0. The maximum Gasteiger partial charge on any atom is 0.0620 e. The molecule has 2 nitrogen and oxygen atoms in total. The minimum atomic E-state index is 1.05. The molecule has 9 aromatic rings. The largest absolute Gasteiger partial charge is 0.309 e. The second-order valence-corrected chi connectivity index (χ2v) is 11.4. The van der Waals surface area contributed by atoms with E-state index in [0.29, 0.717) is 0 Å². The molecule has 0 atom stereocenters. The summed E-state index contributed by atoms with van der Waals surface area (Å²) >= 11 is 0. The molecule has 206 valence electrons. The van der Waals surface area contributed by atoms with Crippen LogP contribution >= 0.6 is 0 Å². The van der Waals surface area contributed by atoms with Crippen LogP contribution in [-0.4, -0.2) is 9.13 Å². The van der Waals surface area contributed by atoms with Crippen LogP contribution in [0.4, 0.5) is 0 Å². The molecule has 0 bridgehead atoms. The lowest BCUT2D eigenvalue weighted by Crippen LogP contribution is -2.00. The predicted octanol–water partition coefficient (Wildman–Crippen LogP) is 11.4. The van der Waals surface area contributed by atoms with Crippen LogP contribution in [0, 0.1) is 0 Å². The van der Waals surface area contributed by atoms with Crippen molar-refractivity contribution in [2.45, 2.75) is 0 Å². The number of aromatic nitrogens is 2. The Labute approximate surface area is 255 Å². The van der Waals surface area contributed by atoms with Crippen molar-refractivity contribution < 1.29 is 0 Å². The predicted molar refractivity (Wildman–Crippen MR) is 189 cm³/mol. The number of hydrogen-bond acceptors (Lipinski definition) is 0. The summed E-state index contributed by atoms with van der Waals surface area (Å²) in [6.07, 6.45) is 3.86. The molecular formula is C42H28N2. The highest BCUT2D eigenvalue weighted by atomic mass is 15.0. The Balaban J connectivity index is 1.37. The van der Waals surface area contributed by atoms with E-state index in [9.17, 15) is 0 Å². The third kappa shape index (κ3) is 3.31. The summed E-state index contributed by atoms with van der Waals surface area (Å²) in [5.74, 6) is 0. The lowest BCUT2D eigenvalue weighted by atomic mass is 9.92. The number of rotatable bonds is 5. The number of hydrogen-bond donors (Lipinski definition) is 0. The monoisotopic (exact) mass is 560 g/mol. The Kier molecular flexibility index (Phi) is 5.24. The van der Waals surface area contributed by atoms with E-state index < -0.39 is 0 Å². The highest BCUT2D eigenvalue weighted by Crippen LogP contribution is 2.44. The molecule has 7 aromatic carbocycles. The zero-order valence-corrected chi connectivity index (χ0v) is 24.2. The van der Waals surface area contributed by atoms with Crippen LogP contribution in [0.25, 0.3) is 88.9 Å². The number of fused-ring (bicyclic) bond motifs is 4. The van der Waals surface area contributed by atoms with Crippen LogP contribution in [-0.2, 0) is 0 Å². The van der Waals surface area contributed by atoms with Gasteiger partial charge in [-0.25, -0.2) is 0 Å². The van der Waals surface area contributed by atoms with Gasteiger partial charge in [0.25, 0.3) is 0 Å². The molecule has 0 saturated carbocycles. The average molecular weight is 561 g/mol. The van der Waals surface area contributed by atoms with Crippen molar-refractivity contribution in [1.29, 1.82) is 0 Å². The fourth-order valence-corrected chi connectivity index (χ4v) is 7.38. The molecule has 0 N–H and O–H groups in total. The Hall–Kier alpha value is -5.86. The summed E-state index contributed by atoms with van der Waals surface area (Å²) in [5.41, 5.74) is 9.11. The first kappa shape index (κ1) is 24.7. The Morgan fingerprint density at radius 3 is 1.80 bits per heavy atom. The lowest BCUT2D eigenvalue weighted by Gasteiger charge is -2.17. The highest BCUT2D eigenvalue weighted by molar-refractivity contribution is 6.33. The van der Waals surface area contributed by atoms with Crippen molar-refractivity contribution in [2.24, 2.45) is 0 Å². The van der Waals surface area contributed by atoms with E-state index in [1.165, 1.54) is 59.9 Å². The quantitative estimate of drug-likeness (QED) is 0.185. The number of nitrogens with zero attached hydrogens (tertiary/aromatic N) is 2. The standard InChI is InChI=1S/C42H28N2/c1-3-32-33-16-8-9-19-38(33)43(37(32)4-2)30-22-24-31(25-23-30)44-39(27-12-6-5-7-13-27)26-36-34-17-10-14-28-20-21-29-15-11-18-35(42(36)44)41(29)40(28)34/h3-26H,1-2H2. The van der Waals surface area contributed by atoms with Crippen LogP contribution in [0.5, 0.6) is 0 Å². The molecule has 0 saturated heterocycles. The number of benzene rings is 7. The molecular weight excluding hydrogens is 532 g/mol. The minimum absolute atomic E-state index is 1.05. The van der Waals surface area contributed by atoms with E-state index in [1.54, 1.807) is 0 Å². The van der Waals surface area contributed by atoms with Crippen molar-refractivity contribution >= 4 is 66.3 Å². The maximum absolute atomic E-state index is 4.15. The van der Waals surface area contributed by atoms with Gasteiger partial charge in [-0.05, 0) is 75.0 Å². The highest BCUT2D eigenvalue weighted by Gasteiger charge is 2.21. The molecule has 2 heterocycles. The topological polar surface area (TPSA) is 9.86 Å². The summed E-state index contributed by atoms with van der Waals surface area (Å²) < 4.78 is 4.74. The zero-order valence-electron chi connectivity index (χ0n) is 24.2. The molecule has 44 heavy (non-hydrogen) atoms. The van der Waals surface area contributed by atoms with E-state index in [-0.39, 0.29) is 0 Å². The SMILES string of the molecule is C=Cc1c(C=C)n(-c2ccc(-n3c(-c4ccccc4)cc4c5cccc6ccc7cccc(c7c65)c43)cc2)c2ccccc12. The van der Waals surface area contributed by atoms with Gasteiger partial charge >= 0.3 is 0 Å². The van der Waals surface area contributed by atoms with Crippen molar-refractivity contribution in [3.8, 4) is 22.6 Å². The van der Waals surface area contributed by atoms with Gasteiger partial charge in [0.15, 0.2) is 0 Å². The smallest absolute Gasteiger partial charge is 0.0620 e. The molecule has 0 aliphatic heterocycles. The third-order valence-electron chi connectivity index (χ3n) is 9.22. The summed E-state index contributed by atoms with van der Waals surface area (Å²) in [5, 5.41) is 10.2. The van der Waals surface area contributed by atoms with E-state index in [1.807, 2.05) is 12.2 Å². The van der Waals surface area contributed by atoms with Crippen LogP contribution in [0.2, 0.25) is 0 Å². The van der Waals surface area contributed by atoms with E-state index in [2.05, 4.69) is 156 Å². The van der Waals surface area contributed by atoms with Crippen LogP contribution in [0.15, 0.2) is 147 Å². The fourth-order valence-electron chi connectivity index (χ4n) is 7.38. The molecule has 0 fully saturated rings. The van der Waals surface area contributed by atoms with Crippen LogP contribution in [0.3, 0.4) is 0 Å². The first-order valence-electron chi connectivity index (χ1n) is 15.0. The van der Waals surface area contributed by atoms with Gasteiger partial charge < -0.3 is 9.13 Å². The van der Waals surface area contributed by atoms with Gasteiger partial charge in [-0.15, -0.1) is 0 Å². The van der Waals surface area contributed by atoms with Crippen LogP contribution < -0.4 is 0 Å². The molecule has 0 aliphatic rings. The Bertz CT molecular complexity index is 2560. The van der Waals surface area contributed by atoms with E-state index in [0.717, 1.165) is 28.1 Å². The minimum Gasteiger partial charge on any atom is -0.309 e. The summed E-state index contributed by atoms with van der Waals surface area (Å²) in [6.45, 7) is 8.26. The second kappa shape index (κ2) is 9.32. The van der Waals surface area contributed by atoms with Gasteiger partial charge in [0.1, 0.15) is 0 Å². The Morgan fingerprint density at radius 1 is 0.477 bits per heavy atom. The normalized spacial score (nSPS) is 11.8. The van der Waals surface area contributed by atoms with Crippen LogP contribution in [0.1, 0.15) is 11.3 Å². The zero-order chi connectivity index (χ0) is 29.4. The van der Waals surface area contributed by atoms with Gasteiger partial charge in [-0.1, -0.05) is 116 Å². The maximum atomic E-state index is 4.15. The lowest BCUT2D eigenvalue weighted by molar-refractivity contribution is 1.09. The molecule has 0 radical (unpaired) electrons. The average Bonchev–Trinajstić information content (AvgIpc) is 3.65. The molecule has 0 amide bonds. The molecule has 0 unspecified atom stereocenters. The summed E-state index contributed by atoms with van der Waals surface area (Å²) in [4.78, 5) is 0. The van der Waals surface area contributed by atoms with Gasteiger partial charge in [0, 0.05) is 33.1 Å². The van der Waals surface area contributed by atoms with Crippen molar-refractivity contribution in [3.63, 3.8) is 0 Å². The van der Waals surface area contributed by atoms with Crippen molar-refractivity contribution in [2.75, 3.05) is 0 Å². The summed E-state index contributed by atoms with van der Waals surface area (Å²) in [6, 6.07) is 48.5. The Morgan fingerprint density at radius 2 is 1.09 bits per heavy atom. The summed E-state index contributed by atoms with van der Waals surface area (Å²) in [7, 11) is 0. The van der Waals surface area contributed by atoms with Gasteiger partial charge in [0.05, 0.1) is 22.4 Å². The molecule has 2 heteroatoms. The van der Waals surface area contributed by atoms with Crippen molar-refractivity contribution in [3.05, 3.63) is 158 Å². The van der Waals surface area contributed by atoms with Gasteiger partial charge in [-0.2, -0.15) is 0 Å². The second-order valence-electron chi connectivity index (χ2n) is 11.4.